The van der Waals surface area contributed by atoms with Gasteiger partial charge in [0.15, 0.2) is 0 Å². The molecule has 1 aliphatic rings. The molecule has 27 heavy (non-hydrogen) atoms. The Balaban J connectivity index is 0.00000158. The summed E-state index contributed by atoms with van der Waals surface area (Å²) in [6, 6.07) is 0. The second kappa shape index (κ2) is 14.9. The van der Waals surface area contributed by atoms with Gasteiger partial charge in [-0.15, -0.1) is 0 Å². The Labute approximate surface area is 161 Å². The lowest BCUT2D eigenvalue weighted by molar-refractivity contribution is -0.387. The molecule has 1 aromatic rings. The Kier molecular flexibility index (Phi) is 13.7. The van der Waals surface area contributed by atoms with Crippen LogP contribution in [0.5, 0.6) is 11.8 Å². The number of aromatic nitrogens is 2. The van der Waals surface area contributed by atoms with Crippen LogP contribution >= 0.6 is 0 Å². The van der Waals surface area contributed by atoms with Gasteiger partial charge < -0.3 is 19.5 Å². The minimum atomic E-state index is -0.625. The van der Waals surface area contributed by atoms with Crippen LogP contribution in [0.4, 0.5) is 11.6 Å². The molecule has 1 fully saturated rings. The zero-order chi connectivity index (χ0) is 20.7. The number of hydrogen-bond donors (Lipinski definition) is 1. The van der Waals surface area contributed by atoms with E-state index >= 15 is 0 Å². The molecule has 0 saturated carbocycles. The zero-order valence-corrected chi connectivity index (χ0v) is 17.3. The first kappa shape index (κ1) is 24.8. The Bertz CT molecular complexity index is 513. The Morgan fingerprint density at radius 2 is 1.63 bits per heavy atom. The lowest BCUT2D eigenvalue weighted by Crippen LogP contribution is -2.37. The van der Waals surface area contributed by atoms with Crippen molar-refractivity contribution in [2.75, 3.05) is 58.9 Å². The molecule has 0 atom stereocenters. The first-order valence-corrected chi connectivity index (χ1v) is 9.34. The van der Waals surface area contributed by atoms with Crippen molar-refractivity contribution < 1.29 is 19.1 Å². The van der Waals surface area contributed by atoms with Gasteiger partial charge in [-0.2, -0.15) is 9.97 Å². The molecule has 0 aliphatic carbocycles. The van der Waals surface area contributed by atoms with Crippen LogP contribution in [0.1, 0.15) is 34.1 Å². The standard InChI is InChI=1S/C13H21N5O5.2C2H6/c1-21-11-10(18(19)20)12(22-2)16-13(15-11)14-4-3-5-17-6-8-23-9-7-17;2*1-2/h3-9H2,1-2H3,(H,14,15,16);2*1-2H3. The molecule has 1 aromatic heterocycles. The van der Waals surface area contributed by atoms with Crippen LogP contribution in [-0.4, -0.2) is 73.4 Å². The lowest BCUT2D eigenvalue weighted by atomic mass is 10.3. The van der Waals surface area contributed by atoms with Gasteiger partial charge in [0, 0.05) is 19.6 Å². The number of methoxy groups -OCH3 is 2. The van der Waals surface area contributed by atoms with E-state index < -0.39 is 4.92 Å². The number of nitrogens with zero attached hydrogens (tertiary/aromatic N) is 4. The van der Waals surface area contributed by atoms with E-state index in [4.69, 9.17) is 14.2 Å². The smallest absolute Gasteiger partial charge is 0.392 e. The van der Waals surface area contributed by atoms with Crippen molar-refractivity contribution in [2.45, 2.75) is 34.1 Å². The highest BCUT2D eigenvalue weighted by Gasteiger charge is 2.26. The molecule has 10 heteroatoms. The van der Waals surface area contributed by atoms with Gasteiger partial charge in [-0.25, -0.2) is 0 Å². The summed E-state index contributed by atoms with van der Waals surface area (Å²) in [6.07, 6.45) is 0.894. The quantitative estimate of drug-likeness (QED) is 0.408. The second-order valence-corrected chi connectivity index (χ2v) is 4.91. The number of nitrogens with one attached hydrogen (secondary N) is 1. The highest BCUT2D eigenvalue weighted by Crippen LogP contribution is 2.34. The van der Waals surface area contributed by atoms with E-state index in [0.29, 0.717) is 6.54 Å². The fourth-order valence-electron chi connectivity index (χ4n) is 2.26. The Hall–Kier alpha value is -2.20. The predicted molar refractivity (Wildman–Crippen MR) is 105 cm³/mol. The summed E-state index contributed by atoms with van der Waals surface area (Å²) in [5.74, 6) is -0.0127. The normalized spacial score (nSPS) is 13.4. The number of ether oxygens (including phenoxy) is 3. The molecular weight excluding hydrogens is 354 g/mol. The van der Waals surface area contributed by atoms with E-state index in [-0.39, 0.29) is 23.4 Å². The largest absolute Gasteiger partial charge is 0.476 e. The van der Waals surface area contributed by atoms with Crippen molar-refractivity contribution in [3.05, 3.63) is 10.1 Å². The van der Waals surface area contributed by atoms with Crippen molar-refractivity contribution in [3.8, 4) is 11.8 Å². The van der Waals surface area contributed by atoms with E-state index in [1.165, 1.54) is 14.2 Å². The van der Waals surface area contributed by atoms with Gasteiger partial charge in [-0.05, 0) is 13.0 Å². The third-order valence-corrected chi connectivity index (χ3v) is 3.43. The van der Waals surface area contributed by atoms with Crippen molar-refractivity contribution in [2.24, 2.45) is 0 Å². The van der Waals surface area contributed by atoms with Gasteiger partial charge in [-0.3, -0.25) is 15.0 Å². The number of nitro groups is 1. The molecule has 1 saturated heterocycles. The molecule has 0 amide bonds. The molecule has 0 bridgehead atoms. The molecule has 1 N–H and O–H groups in total. The van der Waals surface area contributed by atoms with Gasteiger partial charge in [0.2, 0.25) is 5.95 Å². The number of anilines is 1. The molecule has 0 spiro atoms. The fraction of sp³-hybridized carbons (Fsp3) is 0.765. The SMILES string of the molecule is CC.CC.COc1nc(NCCCN2CCOCC2)nc(OC)c1[N+](=O)[O-]. The lowest BCUT2D eigenvalue weighted by Gasteiger charge is -2.26. The number of hydrogen-bond acceptors (Lipinski definition) is 9. The molecule has 10 nitrogen and oxygen atoms in total. The van der Waals surface area contributed by atoms with E-state index in [1.807, 2.05) is 27.7 Å². The van der Waals surface area contributed by atoms with Crippen LogP contribution in [-0.2, 0) is 4.74 Å². The second-order valence-electron chi connectivity index (χ2n) is 4.91. The van der Waals surface area contributed by atoms with E-state index in [2.05, 4.69) is 20.2 Å². The van der Waals surface area contributed by atoms with Gasteiger partial charge in [-0.1, -0.05) is 27.7 Å². The maximum atomic E-state index is 11.0. The summed E-state index contributed by atoms with van der Waals surface area (Å²) in [6.45, 7) is 13.0. The van der Waals surface area contributed by atoms with Gasteiger partial charge >= 0.3 is 17.4 Å². The first-order chi connectivity index (χ1) is 13.2. The average Bonchev–Trinajstić information content (AvgIpc) is 2.73. The number of morpholine rings is 1. The van der Waals surface area contributed by atoms with Gasteiger partial charge in [0.1, 0.15) is 0 Å². The molecule has 0 unspecified atom stereocenters. The van der Waals surface area contributed by atoms with E-state index in [0.717, 1.165) is 39.3 Å². The Morgan fingerprint density at radius 1 is 1.11 bits per heavy atom. The van der Waals surface area contributed by atoms with Crippen LogP contribution in [0.25, 0.3) is 0 Å². The monoisotopic (exact) mass is 387 g/mol. The maximum absolute atomic E-state index is 11.0. The van der Waals surface area contributed by atoms with Gasteiger partial charge in [0.05, 0.1) is 32.4 Å². The summed E-state index contributed by atoms with van der Waals surface area (Å²) in [7, 11) is 2.63. The summed E-state index contributed by atoms with van der Waals surface area (Å²) < 4.78 is 15.2. The molecule has 0 aromatic carbocycles. The molecule has 0 radical (unpaired) electrons. The van der Waals surface area contributed by atoms with Crippen LogP contribution in [0.3, 0.4) is 0 Å². The van der Waals surface area contributed by atoms with Crippen LogP contribution in [0, 0.1) is 10.1 Å². The topological polar surface area (TPSA) is 112 Å². The van der Waals surface area contributed by atoms with Gasteiger partial charge in [0.25, 0.3) is 0 Å². The average molecular weight is 387 g/mol. The molecule has 2 heterocycles. The van der Waals surface area contributed by atoms with Crippen molar-refractivity contribution in [1.82, 2.24) is 14.9 Å². The fourth-order valence-corrected chi connectivity index (χ4v) is 2.26. The van der Waals surface area contributed by atoms with Crippen molar-refractivity contribution in [1.29, 1.82) is 0 Å². The number of rotatable bonds is 8. The summed E-state index contributed by atoms with van der Waals surface area (Å²) in [5.41, 5.74) is -0.381. The first-order valence-electron chi connectivity index (χ1n) is 9.34. The third-order valence-electron chi connectivity index (χ3n) is 3.43. The summed E-state index contributed by atoms with van der Waals surface area (Å²) >= 11 is 0. The minimum Gasteiger partial charge on any atom is -0.476 e. The highest BCUT2D eigenvalue weighted by molar-refractivity contribution is 5.53. The van der Waals surface area contributed by atoms with Crippen LogP contribution in [0.15, 0.2) is 0 Å². The van der Waals surface area contributed by atoms with E-state index in [1.54, 1.807) is 0 Å². The van der Waals surface area contributed by atoms with Crippen molar-refractivity contribution in [3.63, 3.8) is 0 Å². The minimum absolute atomic E-state index is 0.127. The van der Waals surface area contributed by atoms with Crippen molar-refractivity contribution >= 4 is 11.6 Å². The van der Waals surface area contributed by atoms with E-state index in [9.17, 15) is 10.1 Å². The zero-order valence-electron chi connectivity index (χ0n) is 17.3. The third kappa shape index (κ3) is 8.35. The van der Waals surface area contributed by atoms with Crippen LogP contribution in [0.2, 0.25) is 0 Å². The predicted octanol–water partition coefficient (Wildman–Crippen LogP) is 2.59. The van der Waals surface area contributed by atoms with Crippen LogP contribution < -0.4 is 14.8 Å². The Morgan fingerprint density at radius 3 is 2.07 bits per heavy atom. The summed E-state index contributed by atoms with van der Waals surface area (Å²) in [5, 5.41) is 14.1. The molecule has 2 rings (SSSR count). The summed E-state index contributed by atoms with van der Waals surface area (Å²) in [4.78, 5) is 20.7. The molecule has 156 valence electrons. The molecular formula is C17H33N5O5. The molecule has 1 aliphatic heterocycles. The maximum Gasteiger partial charge on any atom is 0.392 e. The highest BCUT2D eigenvalue weighted by atomic mass is 16.6.